The van der Waals surface area contributed by atoms with Crippen LogP contribution in [0.2, 0.25) is 15.1 Å². The Labute approximate surface area is 851 Å². The lowest BCUT2D eigenvalue weighted by Gasteiger charge is -2.12. The summed E-state index contributed by atoms with van der Waals surface area (Å²) < 4.78 is 275. The maximum atomic E-state index is 13.1. The van der Waals surface area contributed by atoms with E-state index in [-0.39, 0.29) is 56.1 Å². The highest BCUT2D eigenvalue weighted by Crippen LogP contribution is 2.45. The average Bonchev–Trinajstić information content (AvgIpc) is 1.63. The third-order valence-corrected chi connectivity index (χ3v) is 30.0. The van der Waals surface area contributed by atoms with Gasteiger partial charge in [0, 0.05) is 118 Å². The summed E-state index contributed by atoms with van der Waals surface area (Å²) in [6.45, 7) is 2.18. The number of primary sulfonamides is 2. The van der Waals surface area contributed by atoms with E-state index >= 15 is 0 Å². The van der Waals surface area contributed by atoms with Crippen LogP contribution >= 0.6 is 81.7 Å². The highest BCUT2D eigenvalue weighted by Gasteiger charge is 2.37. The number of aromatic nitrogens is 9. The molecule has 7 heterocycles. The molecule has 9 aromatic carbocycles. The van der Waals surface area contributed by atoms with Crippen LogP contribution in [0, 0.1) is 5.82 Å². The van der Waals surface area contributed by atoms with Crippen LogP contribution < -0.4 is 25.6 Å². The number of aryl methyl sites for hydroxylation is 1. The number of carbonyl (C=O) groups is 1. The number of halogens is 12. The summed E-state index contributed by atoms with van der Waals surface area (Å²) in [7, 11) is -21.4. The molecule has 0 bridgehead atoms. The van der Waals surface area contributed by atoms with Crippen LogP contribution in [-0.4, -0.2) is 125 Å². The number of pyridine rings is 2. The minimum atomic E-state index is -4.62. The molecule has 6 aromatic heterocycles. The summed E-state index contributed by atoms with van der Waals surface area (Å²) in [6, 6.07) is 57.7. The Balaban J connectivity index is 0.000000154. The monoisotopic (exact) mass is 2230 g/mol. The smallest absolute Gasteiger partial charge is 0.434 e. The lowest BCUT2D eigenvalue weighted by molar-refractivity contribution is -0.195. The summed E-state index contributed by atoms with van der Waals surface area (Å²) in [4.78, 5) is 37.7. The number of esters is 1. The lowest BCUT2D eigenvalue weighted by atomic mass is 9.97. The maximum absolute atomic E-state index is 13.1. The van der Waals surface area contributed by atoms with Crippen LogP contribution in [0.1, 0.15) is 82.4 Å². The van der Waals surface area contributed by atoms with Crippen LogP contribution in [0.5, 0.6) is 0 Å². The number of hydrogen-bond acceptors (Lipinski definition) is 27. The molecule has 52 heteroatoms. The van der Waals surface area contributed by atoms with Gasteiger partial charge in [-0.25, -0.2) is 98.4 Å². The van der Waals surface area contributed by atoms with Gasteiger partial charge in [-0.3, -0.25) is 28.5 Å². The first-order valence-electron chi connectivity index (χ1n) is 41.2. The molecule has 0 unspecified atom stereocenters. The number of rotatable bonds is 25. The number of alkyl halides is 8. The third kappa shape index (κ3) is 30.6. The molecule has 0 spiro atoms. The molecule has 0 fully saturated rings. The minimum absolute atomic E-state index is 0.0313. The Morgan fingerprint density at radius 3 is 1.47 bits per heavy atom. The number of benzene rings is 9. The summed E-state index contributed by atoms with van der Waals surface area (Å²) in [5.41, 5.74) is 8.23. The van der Waals surface area contributed by atoms with Gasteiger partial charge in [-0.2, -0.15) is 37.3 Å². The summed E-state index contributed by atoms with van der Waals surface area (Å²) in [5, 5.41) is 17.5. The highest BCUT2D eigenvalue weighted by molar-refractivity contribution is 8.01. The van der Waals surface area contributed by atoms with Gasteiger partial charge < -0.3 is 4.74 Å². The molecular formula is C92H78Cl3F9N14O16S10. The molecule has 30 nitrogen and oxygen atoms in total. The second-order valence-corrected chi connectivity index (χ2v) is 46.7. The number of ether oxygens (including phenoxy) is 1. The average molecular weight is 2230 g/mol. The number of nitrogens with one attached hydrogen (secondary N) is 2. The van der Waals surface area contributed by atoms with E-state index in [0.29, 0.717) is 85.3 Å². The number of sulfonamides is 4. The first kappa shape index (κ1) is 111. The summed E-state index contributed by atoms with van der Waals surface area (Å²) >= 11 is 22.7. The molecule has 2 aliphatic rings. The number of hydrogen-bond donors (Lipinski definition) is 5. The molecule has 0 atom stereocenters. The molecular weight excluding hydrogens is 2160 g/mol. The number of cyclic esters (lactones) is 1. The number of allylic oxidation sites excluding steroid dienone is 2. The molecule has 0 radical (unpaired) electrons. The van der Waals surface area contributed by atoms with Crippen molar-refractivity contribution in [1.82, 2.24) is 43.8 Å². The van der Waals surface area contributed by atoms with Crippen LogP contribution in [0.4, 0.5) is 50.9 Å². The second-order valence-electron chi connectivity index (χ2n) is 30.7. The van der Waals surface area contributed by atoms with E-state index in [1.165, 1.54) is 170 Å². The largest absolute Gasteiger partial charge is 0.457 e. The first-order valence-corrected chi connectivity index (χ1v) is 56.2. The van der Waals surface area contributed by atoms with E-state index in [1.807, 2.05) is 24.4 Å². The van der Waals surface area contributed by atoms with E-state index in [1.54, 1.807) is 121 Å². The van der Waals surface area contributed by atoms with Crippen LogP contribution in [-0.2, 0) is 99.2 Å². The van der Waals surface area contributed by atoms with Crippen molar-refractivity contribution in [2.75, 3.05) is 34.5 Å². The van der Waals surface area contributed by atoms with Gasteiger partial charge in [0.2, 0.25) is 40.1 Å². The van der Waals surface area contributed by atoms with Gasteiger partial charge in [-0.05, 0) is 236 Å². The normalized spacial score (nSPS) is 12.8. The number of carbonyl (C=O) groups excluding carboxylic acids is 1. The number of fused-ring (bicyclic) bond motifs is 1. The maximum Gasteiger partial charge on any atom is 0.434 e. The van der Waals surface area contributed by atoms with Crippen molar-refractivity contribution in [2.45, 2.75) is 101 Å². The van der Waals surface area contributed by atoms with Gasteiger partial charge in [0.25, 0.3) is 6.43 Å². The molecule has 756 valence electrons. The SMILES string of the molecule is CCc1csc(Sc2cc3c(cc2NS(C)(=O)=O)COC3=O)n1.CS(=O)(=O)Nc1ccc(S(N)(=O)=O)cc1Sc1ccc(Cl)cc1Cl.CS(=O)(=O)c1ccc(-n2cc(C(F)(F)F)nc2-c2cccnc2)cc1.CS(=O)(=O)c1ccc(C2=C(c3ccc(F)cc3)CCC2)cc1.NOOSc1ccc(-n2nc(C(F)F)cc2-c2ccc(Cl)cc2)cc1.NS(=O)(=O)c1ccc(-n2cc(C(F)(F)F)nc2-c2cccnc2)cc1. The van der Waals surface area contributed by atoms with Crippen molar-refractivity contribution >= 4 is 170 Å². The van der Waals surface area contributed by atoms with Gasteiger partial charge in [0.1, 0.15) is 29.8 Å². The van der Waals surface area contributed by atoms with E-state index < -0.39 is 89.9 Å². The molecule has 17 rings (SSSR count). The van der Waals surface area contributed by atoms with Gasteiger partial charge in [0.15, 0.2) is 35.4 Å². The van der Waals surface area contributed by atoms with Crippen molar-refractivity contribution in [3.63, 3.8) is 0 Å². The standard InChI is InChI=1S/C18H17FO2S.C16H12ClF2N3O2S.C16H12F3N3O2S.C15H11F3N4O2S.C14H14N2O4S3.C13H12Cl2N2O4S3/c1-22(20,21)16-11-7-14(8-12-16)18-4-2-3-17(18)13-5-9-15(19)10-6-13;17-11-3-1-10(2-4-11)15-9-14(16(18)19)21-22(15)12-5-7-13(8-6-12)25-24-23-20;1-25(23,24)13-6-4-12(5-7-13)22-10-14(16(17,18)19)21-15(22)11-3-2-8-20-9-11;16-15(17,18)13-9-22(14(21-13)10-2-1-7-20-8-10)11-3-5-12(6-4-11)25(19,23)24;1-3-9-7-21-14(15-9)22-12-5-10-8(6-20-13(10)17)4-11(12)16-23(2,18)19;1-23(18,19)17-11-4-3-9(24(16,20)21)7-13(11)22-12-5-2-8(14)6-10(12)15/h5-12H,2-4H2,1H3;1-9,16H,20H2;2-10H,1H3;1-9H,(H2,19,23,24);4-5,7,16H,3,6H2,1-2H3;2-7,17H,1H3,(H2,16,20,21). The topological polar surface area (TPSA) is 444 Å². The lowest BCUT2D eigenvalue weighted by Crippen LogP contribution is -2.14. The van der Waals surface area contributed by atoms with Gasteiger partial charge in [0.05, 0.1) is 83.2 Å². The fourth-order valence-electron chi connectivity index (χ4n) is 13.5. The van der Waals surface area contributed by atoms with E-state index in [9.17, 15) is 94.8 Å². The minimum Gasteiger partial charge on any atom is -0.457 e. The molecule has 144 heavy (non-hydrogen) atoms. The van der Waals surface area contributed by atoms with Crippen molar-refractivity contribution < 1.29 is 109 Å². The predicted molar refractivity (Wildman–Crippen MR) is 532 cm³/mol. The Morgan fingerprint density at radius 2 is 1.01 bits per heavy atom. The van der Waals surface area contributed by atoms with Crippen LogP contribution in [0.3, 0.4) is 0 Å². The molecule has 1 aliphatic carbocycles. The fraction of sp³-hybridized carbons (Fsp3) is 0.141. The van der Waals surface area contributed by atoms with Crippen molar-refractivity contribution in [1.29, 1.82) is 0 Å². The number of thiazole rings is 1. The number of nitrogens with two attached hydrogens (primary N) is 3. The van der Waals surface area contributed by atoms with Crippen LogP contribution in [0.25, 0.3) is 62.2 Å². The second kappa shape index (κ2) is 47.1. The summed E-state index contributed by atoms with van der Waals surface area (Å²) in [5.74, 6) is 4.26. The predicted octanol–water partition coefficient (Wildman–Crippen LogP) is 21.3. The molecule has 1 aliphatic heterocycles. The van der Waals surface area contributed by atoms with Gasteiger partial charge in [-0.15, -0.1) is 20.7 Å². The fourth-order valence-corrected chi connectivity index (χ4v) is 21.1. The number of sulfone groups is 2. The van der Waals surface area contributed by atoms with E-state index in [0.717, 1.165) is 112 Å². The molecule has 8 N–H and O–H groups in total. The number of anilines is 2. The Kier molecular flexibility index (Phi) is 36.3. The van der Waals surface area contributed by atoms with Crippen molar-refractivity contribution in [3.05, 3.63) is 333 Å². The Bertz CT molecular complexity index is 7770. The van der Waals surface area contributed by atoms with Crippen molar-refractivity contribution in [3.8, 4) is 51.1 Å². The zero-order chi connectivity index (χ0) is 105. The zero-order valence-corrected chi connectivity index (χ0v) is 85.4. The van der Waals surface area contributed by atoms with Crippen LogP contribution in [0.15, 0.2) is 311 Å². The molecule has 0 saturated carbocycles. The van der Waals surface area contributed by atoms with Gasteiger partial charge in [-0.1, -0.05) is 102 Å². The first-order chi connectivity index (χ1) is 67.7. The molecule has 15 aromatic rings. The Morgan fingerprint density at radius 1 is 0.528 bits per heavy atom. The van der Waals surface area contributed by atoms with E-state index in [4.69, 9.17) is 55.7 Å². The Hall–Kier alpha value is -11.9. The van der Waals surface area contributed by atoms with Crippen molar-refractivity contribution in [2.24, 2.45) is 16.2 Å². The molecule has 0 saturated heterocycles. The molecule has 0 amide bonds. The van der Waals surface area contributed by atoms with Gasteiger partial charge >= 0.3 is 18.3 Å². The number of nitrogens with zero attached hydrogens (tertiary/aromatic N) is 9. The highest BCUT2D eigenvalue weighted by atomic mass is 35.5. The third-order valence-electron chi connectivity index (χ3n) is 20.1. The quantitative estimate of drug-likeness (QED) is 0.0117. The number of imidazole rings is 2. The van der Waals surface area contributed by atoms with E-state index in [2.05, 4.69) is 48.8 Å². The summed E-state index contributed by atoms with van der Waals surface area (Å²) in [6.07, 6.45) is 3.78. The zero-order valence-electron chi connectivity index (χ0n) is 74.9.